The summed E-state index contributed by atoms with van der Waals surface area (Å²) in [5.74, 6) is -2.56. The molecule has 7 nitrogen and oxygen atoms in total. The normalized spacial score (nSPS) is 15.3. The van der Waals surface area contributed by atoms with Crippen molar-refractivity contribution in [3.63, 3.8) is 0 Å². The molecule has 5 rings (SSSR count). The summed E-state index contributed by atoms with van der Waals surface area (Å²) in [6, 6.07) is 13.7. The molecule has 1 fully saturated rings. The average Bonchev–Trinajstić information content (AvgIpc) is 3.31. The maximum atomic E-state index is 14.2. The van der Waals surface area contributed by atoms with Gasteiger partial charge in [-0.3, -0.25) is 14.7 Å². The van der Waals surface area contributed by atoms with E-state index in [1.165, 1.54) is 11.3 Å². The standard InChI is InChI=1S/C25H22F2N4O3S2/c26-19-7-8-23(20(27)14-19)36(33,34)30-12-9-18(10-13-30)24(32)31(16-17-4-3-11-28-15-17)25-29-21-5-1-2-6-22(21)35-25/h1-8,11,14-15,18H,9-10,12-13,16H2. The highest BCUT2D eigenvalue weighted by atomic mass is 32.2. The topological polar surface area (TPSA) is 83.5 Å². The molecule has 0 aliphatic carbocycles. The van der Waals surface area contributed by atoms with Gasteiger partial charge in [-0.1, -0.05) is 29.5 Å². The Morgan fingerprint density at radius 1 is 1.08 bits per heavy atom. The van der Waals surface area contributed by atoms with Gasteiger partial charge in [-0.2, -0.15) is 4.31 Å². The molecule has 3 heterocycles. The van der Waals surface area contributed by atoms with E-state index in [0.717, 1.165) is 32.2 Å². The first kappa shape index (κ1) is 24.4. The first-order valence-corrected chi connectivity index (χ1v) is 13.6. The van der Waals surface area contributed by atoms with Crippen molar-refractivity contribution in [1.82, 2.24) is 14.3 Å². The highest BCUT2D eigenvalue weighted by Crippen LogP contribution is 2.33. The lowest BCUT2D eigenvalue weighted by atomic mass is 9.96. The second-order valence-corrected chi connectivity index (χ2v) is 11.4. The molecule has 1 aliphatic heterocycles. The number of thiazole rings is 1. The van der Waals surface area contributed by atoms with Gasteiger partial charge < -0.3 is 0 Å². The Kier molecular flexibility index (Phi) is 6.78. The molecule has 0 unspecified atom stereocenters. The van der Waals surface area contributed by atoms with Crippen molar-refractivity contribution in [2.45, 2.75) is 24.3 Å². The number of anilines is 1. The number of piperidine rings is 1. The van der Waals surface area contributed by atoms with E-state index in [-0.39, 0.29) is 38.4 Å². The summed E-state index contributed by atoms with van der Waals surface area (Å²) in [7, 11) is -4.15. The molecule has 0 spiro atoms. The minimum atomic E-state index is -4.15. The fourth-order valence-electron chi connectivity index (χ4n) is 4.28. The van der Waals surface area contributed by atoms with E-state index in [1.54, 1.807) is 23.4 Å². The van der Waals surface area contributed by atoms with Crippen LogP contribution in [0.25, 0.3) is 10.2 Å². The molecule has 2 aromatic heterocycles. The molecule has 1 aliphatic rings. The fourth-order valence-corrected chi connectivity index (χ4v) is 6.76. The molecule has 0 bridgehead atoms. The Hall–Kier alpha value is -3.28. The van der Waals surface area contributed by atoms with Crippen molar-refractivity contribution >= 4 is 42.6 Å². The summed E-state index contributed by atoms with van der Waals surface area (Å²) >= 11 is 1.42. The van der Waals surface area contributed by atoms with Crippen molar-refractivity contribution in [2.75, 3.05) is 18.0 Å². The minimum Gasteiger partial charge on any atom is -0.283 e. The van der Waals surface area contributed by atoms with Gasteiger partial charge in [0.15, 0.2) is 5.13 Å². The number of carbonyl (C=O) groups is 1. The highest BCUT2D eigenvalue weighted by Gasteiger charge is 2.36. The predicted octanol–water partition coefficient (Wildman–Crippen LogP) is 4.60. The maximum absolute atomic E-state index is 14.2. The molecule has 4 aromatic rings. The van der Waals surface area contributed by atoms with Gasteiger partial charge in [-0.25, -0.2) is 22.2 Å². The Bertz CT molecular complexity index is 1470. The van der Waals surface area contributed by atoms with Crippen LogP contribution >= 0.6 is 11.3 Å². The first-order chi connectivity index (χ1) is 17.3. The summed E-state index contributed by atoms with van der Waals surface area (Å²) < 4.78 is 55.4. The maximum Gasteiger partial charge on any atom is 0.245 e. The van der Waals surface area contributed by atoms with Gasteiger partial charge in [-0.15, -0.1) is 0 Å². The van der Waals surface area contributed by atoms with Crippen LogP contribution in [0.3, 0.4) is 0 Å². The number of nitrogens with zero attached hydrogens (tertiary/aromatic N) is 4. The Morgan fingerprint density at radius 2 is 1.86 bits per heavy atom. The number of halogens is 2. The summed E-state index contributed by atoms with van der Waals surface area (Å²) in [4.78, 5) is 23.6. The molecule has 36 heavy (non-hydrogen) atoms. The number of carbonyl (C=O) groups excluding carboxylic acids is 1. The molecule has 0 N–H and O–H groups in total. The second kappa shape index (κ2) is 10.00. The highest BCUT2D eigenvalue weighted by molar-refractivity contribution is 7.89. The van der Waals surface area contributed by atoms with E-state index in [0.29, 0.717) is 11.2 Å². The number of amides is 1. The van der Waals surface area contributed by atoms with Crippen molar-refractivity contribution < 1.29 is 22.0 Å². The minimum absolute atomic E-state index is 0.0517. The van der Waals surface area contributed by atoms with Gasteiger partial charge in [0.1, 0.15) is 16.5 Å². The van der Waals surface area contributed by atoms with Crippen LogP contribution in [0.15, 0.2) is 71.9 Å². The van der Waals surface area contributed by atoms with Crippen molar-refractivity contribution in [2.24, 2.45) is 5.92 Å². The molecule has 11 heteroatoms. The lowest BCUT2D eigenvalue weighted by Crippen LogP contribution is -2.44. The third kappa shape index (κ3) is 4.86. The van der Waals surface area contributed by atoms with Gasteiger partial charge in [-0.05, 0) is 48.7 Å². The van der Waals surface area contributed by atoms with E-state index >= 15 is 0 Å². The monoisotopic (exact) mass is 528 g/mol. The molecular formula is C25H22F2N4O3S2. The zero-order valence-electron chi connectivity index (χ0n) is 19.0. The molecule has 0 saturated carbocycles. The molecule has 186 valence electrons. The number of fused-ring (bicyclic) bond motifs is 1. The molecule has 1 saturated heterocycles. The quantitative estimate of drug-likeness (QED) is 0.365. The van der Waals surface area contributed by atoms with Crippen LogP contribution in [0.4, 0.5) is 13.9 Å². The number of hydrogen-bond acceptors (Lipinski definition) is 6. The van der Waals surface area contributed by atoms with Crippen LogP contribution < -0.4 is 4.90 Å². The van der Waals surface area contributed by atoms with Crippen LogP contribution in [0.2, 0.25) is 0 Å². The summed E-state index contributed by atoms with van der Waals surface area (Å²) in [5.41, 5.74) is 1.64. The number of rotatable bonds is 6. The van der Waals surface area contributed by atoms with Gasteiger partial charge in [0.2, 0.25) is 15.9 Å². The molecule has 0 radical (unpaired) electrons. The average molecular weight is 529 g/mol. The van der Waals surface area contributed by atoms with Crippen LogP contribution in [-0.4, -0.2) is 41.7 Å². The van der Waals surface area contributed by atoms with E-state index in [1.807, 2.05) is 30.3 Å². The summed E-state index contributed by atoms with van der Waals surface area (Å²) in [5, 5.41) is 0.563. The van der Waals surface area contributed by atoms with Crippen LogP contribution in [0, 0.1) is 17.6 Å². The lowest BCUT2D eigenvalue weighted by molar-refractivity contribution is -0.123. The number of para-hydroxylation sites is 1. The molecule has 0 atom stereocenters. The second-order valence-electron chi connectivity index (χ2n) is 8.50. The third-order valence-electron chi connectivity index (χ3n) is 6.16. The predicted molar refractivity (Wildman–Crippen MR) is 133 cm³/mol. The molecule has 1 amide bonds. The number of hydrogen-bond donors (Lipinski definition) is 0. The lowest BCUT2D eigenvalue weighted by Gasteiger charge is -2.33. The largest absolute Gasteiger partial charge is 0.283 e. The number of benzene rings is 2. The van der Waals surface area contributed by atoms with Crippen molar-refractivity contribution in [1.29, 1.82) is 0 Å². The van der Waals surface area contributed by atoms with Gasteiger partial charge in [0.25, 0.3) is 0 Å². The fraction of sp³-hybridized carbons (Fsp3) is 0.240. The van der Waals surface area contributed by atoms with Crippen LogP contribution in [0.1, 0.15) is 18.4 Å². The smallest absolute Gasteiger partial charge is 0.245 e. The van der Waals surface area contributed by atoms with E-state index in [9.17, 15) is 22.0 Å². The number of aromatic nitrogens is 2. The summed E-state index contributed by atoms with van der Waals surface area (Å²) in [6.45, 7) is 0.387. The Morgan fingerprint density at radius 3 is 2.56 bits per heavy atom. The molecule has 2 aromatic carbocycles. The van der Waals surface area contributed by atoms with Crippen LogP contribution in [0.5, 0.6) is 0 Å². The SMILES string of the molecule is O=C(C1CCN(S(=O)(=O)c2ccc(F)cc2F)CC1)N(Cc1cccnc1)c1nc2ccccc2s1. The van der Waals surface area contributed by atoms with Gasteiger partial charge in [0.05, 0.1) is 16.8 Å². The van der Waals surface area contributed by atoms with Gasteiger partial charge >= 0.3 is 0 Å². The van der Waals surface area contributed by atoms with E-state index < -0.39 is 32.5 Å². The first-order valence-electron chi connectivity index (χ1n) is 11.3. The zero-order valence-corrected chi connectivity index (χ0v) is 20.7. The number of sulfonamides is 1. The zero-order chi connectivity index (χ0) is 25.3. The van der Waals surface area contributed by atoms with E-state index in [4.69, 9.17) is 0 Å². The van der Waals surface area contributed by atoms with Crippen molar-refractivity contribution in [3.8, 4) is 0 Å². The Labute approximate surface area is 211 Å². The molecular weight excluding hydrogens is 506 g/mol. The Balaban J connectivity index is 1.36. The van der Waals surface area contributed by atoms with Crippen molar-refractivity contribution in [3.05, 3.63) is 84.2 Å². The summed E-state index contributed by atoms with van der Waals surface area (Å²) in [6.07, 6.45) is 3.90. The van der Waals surface area contributed by atoms with Crippen LogP contribution in [-0.2, 0) is 21.4 Å². The van der Waals surface area contributed by atoms with Gasteiger partial charge in [0, 0.05) is 37.5 Å². The van der Waals surface area contributed by atoms with E-state index in [2.05, 4.69) is 9.97 Å². The number of pyridine rings is 1. The third-order valence-corrected chi connectivity index (χ3v) is 9.15.